The Kier molecular flexibility index (Phi) is 4.61. The number of carboxylic acid groups (broad SMARTS) is 1. The van der Waals surface area contributed by atoms with Crippen molar-refractivity contribution in [2.24, 2.45) is 11.1 Å². The first-order valence-electron chi connectivity index (χ1n) is 5.77. The predicted octanol–water partition coefficient (Wildman–Crippen LogP) is 0.384. The van der Waals surface area contributed by atoms with Crippen molar-refractivity contribution >= 4 is 12.0 Å². The Hall–Kier alpha value is -1.51. The monoisotopic (exact) mass is 283 g/mol. The quantitative estimate of drug-likeness (QED) is 0.650. The van der Waals surface area contributed by atoms with Crippen molar-refractivity contribution in [2.45, 2.75) is 19.0 Å². The minimum Gasteiger partial charge on any atom is -0.481 e. The van der Waals surface area contributed by atoms with Crippen LogP contribution in [0.2, 0.25) is 0 Å². The topological polar surface area (TPSA) is 95.7 Å². The Bertz CT molecular complexity index is 362. The minimum absolute atomic E-state index is 0.236. The van der Waals surface area contributed by atoms with Crippen LogP contribution in [-0.4, -0.2) is 54.4 Å². The van der Waals surface area contributed by atoms with Gasteiger partial charge >= 0.3 is 18.2 Å². The number of carbonyl (C=O) groups is 2. The molecule has 1 saturated heterocycles. The van der Waals surface area contributed by atoms with E-state index in [1.54, 1.807) is 0 Å². The Balaban J connectivity index is 2.70. The summed E-state index contributed by atoms with van der Waals surface area (Å²) in [4.78, 5) is 23.3. The van der Waals surface area contributed by atoms with Gasteiger partial charge in [0.15, 0.2) is 5.41 Å². The molecule has 1 atom stereocenters. The average Bonchev–Trinajstić information content (AvgIpc) is 2.74. The van der Waals surface area contributed by atoms with Crippen LogP contribution in [0.5, 0.6) is 0 Å². The molecule has 4 N–H and O–H groups in total. The maximum absolute atomic E-state index is 12.9. The van der Waals surface area contributed by atoms with Gasteiger partial charge in [-0.2, -0.15) is 13.2 Å². The number of aliphatic carboxylic acids is 1. The molecule has 0 aromatic rings. The molecular formula is C10H16F3N3O3. The van der Waals surface area contributed by atoms with Gasteiger partial charge in [0.25, 0.3) is 0 Å². The lowest BCUT2D eigenvalue weighted by atomic mass is 9.86. The molecule has 6 nitrogen and oxygen atoms in total. The summed E-state index contributed by atoms with van der Waals surface area (Å²) in [6.07, 6.45) is -5.01. The molecule has 0 radical (unpaired) electrons. The molecule has 1 unspecified atom stereocenters. The summed E-state index contributed by atoms with van der Waals surface area (Å²) < 4.78 is 38.6. The van der Waals surface area contributed by atoms with E-state index in [0.717, 1.165) is 4.90 Å². The third-order valence-electron chi connectivity index (χ3n) is 3.17. The number of carboxylic acids is 1. The molecule has 1 heterocycles. The van der Waals surface area contributed by atoms with Crippen molar-refractivity contribution in [2.75, 3.05) is 26.2 Å². The van der Waals surface area contributed by atoms with Gasteiger partial charge in [-0.15, -0.1) is 0 Å². The molecule has 0 bridgehead atoms. The van der Waals surface area contributed by atoms with Gasteiger partial charge in [0.05, 0.1) is 0 Å². The number of nitrogens with one attached hydrogen (secondary N) is 1. The van der Waals surface area contributed by atoms with Gasteiger partial charge in [-0.1, -0.05) is 0 Å². The summed E-state index contributed by atoms with van der Waals surface area (Å²) in [6, 6.07) is -0.694. The van der Waals surface area contributed by atoms with Crippen LogP contribution in [-0.2, 0) is 4.79 Å². The van der Waals surface area contributed by atoms with E-state index in [1.165, 1.54) is 0 Å². The Morgan fingerprint density at radius 3 is 2.47 bits per heavy atom. The number of amides is 2. The first kappa shape index (κ1) is 15.5. The zero-order chi connectivity index (χ0) is 14.7. The van der Waals surface area contributed by atoms with Crippen LogP contribution in [0.15, 0.2) is 0 Å². The lowest BCUT2D eigenvalue weighted by Gasteiger charge is -2.27. The van der Waals surface area contributed by atoms with E-state index in [1.807, 2.05) is 0 Å². The molecule has 2 amide bonds. The van der Waals surface area contributed by atoms with Gasteiger partial charge in [0.2, 0.25) is 0 Å². The Labute approximate surface area is 107 Å². The fourth-order valence-corrected chi connectivity index (χ4v) is 1.92. The fraction of sp³-hybridized carbons (Fsp3) is 0.800. The van der Waals surface area contributed by atoms with Crippen LogP contribution >= 0.6 is 0 Å². The number of hydrogen-bond acceptors (Lipinski definition) is 3. The van der Waals surface area contributed by atoms with E-state index in [-0.39, 0.29) is 13.1 Å². The Morgan fingerprint density at radius 2 is 2.05 bits per heavy atom. The molecule has 1 rings (SSSR count). The lowest BCUT2D eigenvalue weighted by molar-refractivity contribution is -0.226. The number of hydrogen-bond donors (Lipinski definition) is 3. The van der Waals surface area contributed by atoms with Crippen LogP contribution in [0.3, 0.4) is 0 Å². The molecule has 19 heavy (non-hydrogen) atoms. The number of carbonyl (C=O) groups excluding carboxylic acids is 1. The molecule has 1 aliphatic heterocycles. The third-order valence-corrected chi connectivity index (χ3v) is 3.17. The lowest BCUT2D eigenvalue weighted by Crippen LogP contribution is -2.49. The highest BCUT2D eigenvalue weighted by molar-refractivity contribution is 5.80. The molecule has 0 aromatic carbocycles. The van der Waals surface area contributed by atoms with Crippen molar-refractivity contribution in [1.29, 1.82) is 0 Å². The normalized spacial score (nSPS) is 23.5. The summed E-state index contributed by atoms with van der Waals surface area (Å²) in [5.41, 5.74) is 2.35. The standard InChI is InChI=1S/C10H16F3N3O3/c11-10(12,13)9(7(17)18)2-5-16(6-9)8(19)15-4-1-3-14/h1-6,14H2,(H,15,19)(H,17,18). The smallest absolute Gasteiger partial charge is 0.406 e. The average molecular weight is 283 g/mol. The van der Waals surface area contributed by atoms with Crippen LogP contribution in [0.1, 0.15) is 12.8 Å². The van der Waals surface area contributed by atoms with Crippen LogP contribution in [0.4, 0.5) is 18.0 Å². The van der Waals surface area contributed by atoms with E-state index >= 15 is 0 Å². The van der Waals surface area contributed by atoms with Gasteiger partial charge in [-0.05, 0) is 19.4 Å². The number of urea groups is 1. The fourth-order valence-electron chi connectivity index (χ4n) is 1.92. The van der Waals surface area contributed by atoms with E-state index in [2.05, 4.69) is 5.32 Å². The summed E-state index contributed by atoms with van der Waals surface area (Å²) in [7, 11) is 0. The van der Waals surface area contributed by atoms with Crippen molar-refractivity contribution < 1.29 is 27.9 Å². The van der Waals surface area contributed by atoms with Gasteiger partial charge < -0.3 is 21.1 Å². The SMILES string of the molecule is NCCCNC(=O)N1CCC(C(=O)O)(C(F)(F)F)C1. The van der Waals surface area contributed by atoms with E-state index < -0.39 is 36.6 Å². The number of nitrogens with two attached hydrogens (primary N) is 1. The first-order valence-corrected chi connectivity index (χ1v) is 5.77. The second-order valence-electron chi connectivity index (χ2n) is 4.43. The molecule has 9 heteroatoms. The zero-order valence-electron chi connectivity index (χ0n) is 10.2. The minimum atomic E-state index is -4.88. The van der Waals surface area contributed by atoms with Gasteiger partial charge in [0.1, 0.15) is 0 Å². The van der Waals surface area contributed by atoms with Crippen molar-refractivity contribution in [1.82, 2.24) is 10.2 Å². The first-order chi connectivity index (χ1) is 8.74. The van der Waals surface area contributed by atoms with Crippen LogP contribution < -0.4 is 11.1 Å². The van der Waals surface area contributed by atoms with E-state index in [9.17, 15) is 22.8 Å². The highest BCUT2D eigenvalue weighted by Crippen LogP contribution is 2.45. The maximum atomic E-state index is 12.9. The molecule has 0 aromatic heterocycles. The number of nitrogens with zero attached hydrogens (tertiary/aromatic N) is 1. The highest BCUT2D eigenvalue weighted by atomic mass is 19.4. The number of rotatable bonds is 4. The molecule has 0 saturated carbocycles. The molecule has 0 spiro atoms. The Morgan fingerprint density at radius 1 is 1.42 bits per heavy atom. The van der Waals surface area contributed by atoms with E-state index in [4.69, 9.17) is 10.8 Å². The molecule has 1 aliphatic rings. The number of alkyl halides is 3. The zero-order valence-corrected chi connectivity index (χ0v) is 10.2. The third kappa shape index (κ3) is 3.09. The molecule has 1 fully saturated rings. The summed E-state index contributed by atoms with van der Waals surface area (Å²) in [5.74, 6) is -1.95. The van der Waals surface area contributed by atoms with Crippen LogP contribution in [0, 0.1) is 5.41 Å². The summed E-state index contributed by atoms with van der Waals surface area (Å²) in [5, 5.41) is 11.2. The summed E-state index contributed by atoms with van der Waals surface area (Å²) in [6.45, 7) is -0.500. The predicted molar refractivity (Wildman–Crippen MR) is 59.4 cm³/mol. The van der Waals surface area contributed by atoms with Crippen molar-refractivity contribution in [3.8, 4) is 0 Å². The molecule has 0 aliphatic carbocycles. The largest absolute Gasteiger partial charge is 0.481 e. The van der Waals surface area contributed by atoms with Crippen molar-refractivity contribution in [3.05, 3.63) is 0 Å². The molecular weight excluding hydrogens is 267 g/mol. The number of halogens is 3. The van der Waals surface area contributed by atoms with Gasteiger partial charge in [-0.3, -0.25) is 4.79 Å². The van der Waals surface area contributed by atoms with E-state index in [0.29, 0.717) is 13.0 Å². The molecule has 110 valence electrons. The second-order valence-corrected chi connectivity index (χ2v) is 4.43. The van der Waals surface area contributed by atoms with Crippen molar-refractivity contribution in [3.63, 3.8) is 0 Å². The van der Waals surface area contributed by atoms with Crippen LogP contribution in [0.25, 0.3) is 0 Å². The maximum Gasteiger partial charge on any atom is 0.406 e. The summed E-state index contributed by atoms with van der Waals surface area (Å²) >= 11 is 0. The van der Waals surface area contributed by atoms with Gasteiger partial charge in [-0.25, -0.2) is 4.79 Å². The second kappa shape index (κ2) is 5.64. The number of likely N-dealkylation sites (tertiary alicyclic amines) is 1. The highest BCUT2D eigenvalue weighted by Gasteiger charge is 2.64. The van der Waals surface area contributed by atoms with Gasteiger partial charge in [0, 0.05) is 19.6 Å².